The molecule has 1 aliphatic rings. The number of nitrogens with two attached hydrogens (primary N) is 1. The van der Waals surface area contributed by atoms with E-state index in [-0.39, 0.29) is 11.7 Å². The molecule has 1 saturated carbocycles. The number of carbonyl (C=O) groups excluding carboxylic acids is 2. The number of nitriles is 1. The standard InChI is InChI=1S/C14H23N3O3S/c1-2-20-13(19)11(16)5-8-21-9-12(18)17-14(10-15)6-3-4-7-14/h11H,2-9,16H2,1H3,(H,17,18). The van der Waals surface area contributed by atoms with E-state index < -0.39 is 17.6 Å². The summed E-state index contributed by atoms with van der Waals surface area (Å²) in [7, 11) is 0. The molecule has 0 bridgehead atoms. The SMILES string of the molecule is CCOC(=O)C(N)CCSCC(=O)NC1(C#N)CCCC1. The monoisotopic (exact) mass is 313 g/mol. The molecule has 0 aromatic carbocycles. The lowest BCUT2D eigenvalue weighted by Gasteiger charge is -2.21. The Morgan fingerprint density at radius 3 is 2.71 bits per heavy atom. The molecule has 0 radical (unpaired) electrons. The van der Waals surface area contributed by atoms with E-state index in [1.54, 1.807) is 6.92 Å². The number of carbonyl (C=O) groups is 2. The second kappa shape index (κ2) is 8.90. The van der Waals surface area contributed by atoms with E-state index in [9.17, 15) is 14.9 Å². The number of nitrogens with zero attached hydrogens (tertiary/aromatic N) is 1. The Morgan fingerprint density at radius 1 is 1.48 bits per heavy atom. The first-order valence-corrected chi connectivity index (χ1v) is 8.40. The number of rotatable bonds is 8. The number of ether oxygens (including phenoxy) is 1. The summed E-state index contributed by atoms with van der Waals surface area (Å²) in [6.45, 7) is 2.05. The van der Waals surface area contributed by atoms with Crippen molar-refractivity contribution in [3.8, 4) is 6.07 Å². The van der Waals surface area contributed by atoms with E-state index in [1.807, 2.05) is 0 Å². The van der Waals surface area contributed by atoms with E-state index in [0.29, 0.717) is 18.8 Å². The van der Waals surface area contributed by atoms with Gasteiger partial charge in [-0.2, -0.15) is 17.0 Å². The van der Waals surface area contributed by atoms with Crippen LogP contribution in [-0.4, -0.2) is 41.6 Å². The molecule has 1 fully saturated rings. The first-order chi connectivity index (χ1) is 10.0. The lowest BCUT2D eigenvalue weighted by molar-refractivity contribution is -0.144. The maximum absolute atomic E-state index is 11.8. The van der Waals surface area contributed by atoms with Gasteiger partial charge in [0, 0.05) is 0 Å². The molecular formula is C14H23N3O3S. The first-order valence-electron chi connectivity index (χ1n) is 7.25. The van der Waals surface area contributed by atoms with E-state index >= 15 is 0 Å². The van der Waals surface area contributed by atoms with Crippen molar-refractivity contribution in [1.82, 2.24) is 5.32 Å². The highest BCUT2D eigenvalue weighted by atomic mass is 32.2. The number of esters is 1. The van der Waals surface area contributed by atoms with Gasteiger partial charge >= 0.3 is 5.97 Å². The van der Waals surface area contributed by atoms with Crippen molar-refractivity contribution in [2.45, 2.75) is 50.6 Å². The van der Waals surface area contributed by atoms with Gasteiger partial charge in [-0.1, -0.05) is 0 Å². The Morgan fingerprint density at radius 2 is 2.14 bits per heavy atom. The maximum Gasteiger partial charge on any atom is 0.322 e. The summed E-state index contributed by atoms with van der Waals surface area (Å²) in [5.41, 5.74) is 5.00. The van der Waals surface area contributed by atoms with Crippen LogP contribution in [0.2, 0.25) is 0 Å². The Kier molecular flexibility index (Phi) is 7.54. The fraction of sp³-hybridized carbons (Fsp3) is 0.786. The average molecular weight is 313 g/mol. The Labute approximate surface area is 129 Å². The van der Waals surface area contributed by atoms with Gasteiger partial charge in [0.1, 0.15) is 11.6 Å². The zero-order chi connectivity index (χ0) is 15.7. The van der Waals surface area contributed by atoms with Crippen LogP contribution in [0.3, 0.4) is 0 Å². The molecule has 6 nitrogen and oxygen atoms in total. The Bertz CT molecular complexity index is 403. The van der Waals surface area contributed by atoms with E-state index in [2.05, 4.69) is 11.4 Å². The van der Waals surface area contributed by atoms with Crippen molar-refractivity contribution >= 4 is 23.6 Å². The normalized spacial score (nSPS) is 17.8. The van der Waals surface area contributed by atoms with Crippen LogP contribution in [0.4, 0.5) is 0 Å². The number of hydrogen-bond donors (Lipinski definition) is 2. The van der Waals surface area contributed by atoms with Crippen LogP contribution in [0.15, 0.2) is 0 Å². The number of amides is 1. The molecule has 7 heteroatoms. The van der Waals surface area contributed by atoms with Gasteiger partial charge in [0.2, 0.25) is 5.91 Å². The van der Waals surface area contributed by atoms with Crippen molar-refractivity contribution in [2.24, 2.45) is 5.73 Å². The summed E-state index contributed by atoms with van der Waals surface area (Å²) in [6, 6.07) is 1.59. The molecule has 0 heterocycles. The molecule has 1 atom stereocenters. The van der Waals surface area contributed by atoms with Crippen LogP contribution >= 0.6 is 11.8 Å². The lowest BCUT2D eigenvalue weighted by atomic mass is 10.0. The highest BCUT2D eigenvalue weighted by Gasteiger charge is 2.35. The molecule has 118 valence electrons. The molecule has 0 spiro atoms. The van der Waals surface area contributed by atoms with Gasteiger partial charge in [-0.05, 0) is 44.8 Å². The maximum atomic E-state index is 11.8. The predicted molar refractivity (Wildman–Crippen MR) is 81.5 cm³/mol. The van der Waals surface area contributed by atoms with Crippen LogP contribution in [0.25, 0.3) is 0 Å². The second-order valence-corrected chi connectivity index (χ2v) is 6.25. The van der Waals surface area contributed by atoms with Crippen molar-refractivity contribution in [3.05, 3.63) is 0 Å². The molecular weight excluding hydrogens is 290 g/mol. The summed E-state index contributed by atoms with van der Waals surface area (Å²) in [4.78, 5) is 23.1. The molecule has 1 amide bonds. The molecule has 1 aliphatic carbocycles. The van der Waals surface area contributed by atoms with Gasteiger partial charge in [0.05, 0.1) is 18.4 Å². The van der Waals surface area contributed by atoms with Crippen LogP contribution in [0, 0.1) is 11.3 Å². The Hall–Kier alpha value is -1.26. The molecule has 0 aromatic rings. The van der Waals surface area contributed by atoms with E-state index in [4.69, 9.17) is 10.5 Å². The predicted octanol–water partition coefficient (Wildman–Crippen LogP) is 0.953. The first kappa shape index (κ1) is 17.8. The zero-order valence-corrected chi connectivity index (χ0v) is 13.2. The Balaban J connectivity index is 2.19. The minimum atomic E-state index is -0.668. The summed E-state index contributed by atoms with van der Waals surface area (Å²) in [6.07, 6.45) is 3.90. The van der Waals surface area contributed by atoms with Crippen molar-refractivity contribution in [2.75, 3.05) is 18.1 Å². The molecule has 21 heavy (non-hydrogen) atoms. The third-order valence-electron chi connectivity index (χ3n) is 3.45. The summed E-state index contributed by atoms with van der Waals surface area (Å²) in [5.74, 6) is 0.344. The zero-order valence-electron chi connectivity index (χ0n) is 12.4. The third-order valence-corrected chi connectivity index (χ3v) is 4.44. The minimum Gasteiger partial charge on any atom is -0.465 e. The van der Waals surface area contributed by atoms with Crippen LogP contribution in [0.5, 0.6) is 0 Å². The van der Waals surface area contributed by atoms with Crippen molar-refractivity contribution < 1.29 is 14.3 Å². The topological polar surface area (TPSA) is 105 Å². The molecule has 3 N–H and O–H groups in total. The summed E-state index contributed by atoms with van der Waals surface area (Å²) in [5, 5.41) is 12.0. The van der Waals surface area contributed by atoms with Crippen LogP contribution in [0.1, 0.15) is 39.0 Å². The van der Waals surface area contributed by atoms with Gasteiger partial charge < -0.3 is 15.8 Å². The smallest absolute Gasteiger partial charge is 0.322 e. The van der Waals surface area contributed by atoms with Crippen molar-refractivity contribution in [1.29, 1.82) is 5.26 Å². The quantitative estimate of drug-likeness (QED) is 0.510. The molecule has 0 saturated heterocycles. The largest absolute Gasteiger partial charge is 0.465 e. The lowest BCUT2D eigenvalue weighted by Crippen LogP contribution is -2.45. The van der Waals surface area contributed by atoms with Gasteiger partial charge in [-0.3, -0.25) is 9.59 Å². The van der Waals surface area contributed by atoms with Gasteiger partial charge in [-0.25, -0.2) is 0 Å². The number of hydrogen-bond acceptors (Lipinski definition) is 6. The fourth-order valence-electron chi connectivity index (χ4n) is 2.29. The van der Waals surface area contributed by atoms with Crippen LogP contribution in [-0.2, 0) is 14.3 Å². The molecule has 0 aromatic heterocycles. The van der Waals surface area contributed by atoms with Gasteiger partial charge in [0.25, 0.3) is 0 Å². The number of nitrogens with one attached hydrogen (secondary N) is 1. The molecule has 0 aliphatic heterocycles. The fourth-order valence-corrected chi connectivity index (χ4v) is 3.11. The minimum absolute atomic E-state index is 0.131. The molecule has 1 rings (SSSR count). The summed E-state index contributed by atoms with van der Waals surface area (Å²) >= 11 is 1.41. The van der Waals surface area contributed by atoms with Gasteiger partial charge in [-0.15, -0.1) is 0 Å². The second-order valence-electron chi connectivity index (χ2n) is 5.15. The molecule has 1 unspecified atom stereocenters. The number of thioether (sulfide) groups is 1. The third kappa shape index (κ3) is 5.94. The summed E-state index contributed by atoms with van der Waals surface area (Å²) < 4.78 is 4.81. The van der Waals surface area contributed by atoms with Crippen LogP contribution < -0.4 is 11.1 Å². The van der Waals surface area contributed by atoms with Gasteiger partial charge in [0.15, 0.2) is 0 Å². The van der Waals surface area contributed by atoms with E-state index in [1.165, 1.54) is 11.8 Å². The highest BCUT2D eigenvalue weighted by Crippen LogP contribution is 2.28. The highest BCUT2D eigenvalue weighted by molar-refractivity contribution is 7.99. The average Bonchev–Trinajstić information content (AvgIpc) is 2.92. The van der Waals surface area contributed by atoms with Crippen molar-refractivity contribution in [3.63, 3.8) is 0 Å². The van der Waals surface area contributed by atoms with E-state index in [0.717, 1.165) is 25.7 Å².